The summed E-state index contributed by atoms with van der Waals surface area (Å²) in [6, 6.07) is 16.9. The fourth-order valence-electron chi connectivity index (χ4n) is 1.66. The van der Waals surface area contributed by atoms with Crippen molar-refractivity contribution in [3.05, 3.63) is 65.7 Å². The lowest BCUT2D eigenvalue weighted by molar-refractivity contribution is 0.0993. The van der Waals surface area contributed by atoms with E-state index in [0.29, 0.717) is 6.42 Å². The maximum Gasteiger partial charge on any atom is 0.167 e. The molecule has 0 aliphatic heterocycles. The van der Waals surface area contributed by atoms with Gasteiger partial charge in [0.25, 0.3) is 0 Å². The Balaban J connectivity index is 0.000000861. The van der Waals surface area contributed by atoms with Crippen LogP contribution in [0.25, 0.3) is 0 Å². The van der Waals surface area contributed by atoms with Gasteiger partial charge in [-0.25, -0.2) is 0 Å². The fourth-order valence-corrected chi connectivity index (χ4v) is 1.66. The lowest BCUT2D eigenvalue weighted by atomic mass is 10.0. The van der Waals surface area contributed by atoms with Crippen LogP contribution in [-0.4, -0.2) is 12.9 Å². The van der Waals surface area contributed by atoms with E-state index in [2.05, 4.69) is 0 Å². The van der Waals surface area contributed by atoms with Crippen molar-refractivity contribution in [2.75, 3.05) is 7.11 Å². The summed E-state index contributed by atoms with van der Waals surface area (Å²) < 4.78 is 5.06. The van der Waals surface area contributed by atoms with E-state index < -0.39 is 0 Å². The standard InChI is InChI=1S/C15H14O2.C2H6/c1-17-14-9-7-13(8-10-14)15(16)11-12-5-3-2-4-6-12;1-2/h2-10H,11H2,1H3;1-2H3. The minimum absolute atomic E-state index is 0.124. The van der Waals surface area contributed by atoms with Crippen LogP contribution >= 0.6 is 0 Å². The Kier molecular flexibility index (Phi) is 6.37. The number of carbonyl (C=O) groups excluding carboxylic acids is 1. The molecular formula is C17H20O2. The maximum atomic E-state index is 12.0. The monoisotopic (exact) mass is 256 g/mol. The van der Waals surface area contributed by atoms with Gasteiger partial charge < -0.3 is 4.74 Å². The van der Waals surface area contributed by atoms with Gasteiger partial charge in [-0.1, -0.05) is 44.2 Å². The van der Waals surface area contributed by atoms with Gasteiger partial charge in [0.05, 0.1) is 7.11 Å². The van der Waals surface area contributed by atoms with Gasteiger partial charge in [-0.2, -0.15) is 0 Å². The van der Waals surface area contributed by atoms with Crippen molar-refractivity contribution in [1.82, 2.24) is 0 Å². The van der Waals surface area contributed by atoms with Gasteiger partial charge in [0.15, 0.2) is 5.78 Å². The highest BCUT2D eigenvalue weighted by molar-refractivity contribution is 5.97. The van der Waals surface area contributed by atoms with Crippen LogP contribution in [-0.2, 0) is 6.42 Å². The summed E-state index contributed by atoms with van der Waals surface area (Å²) >= 11 is 0. The highest BCUT2D eigenvalue weighted by Gasteiger charge is 2.06. The molecule has 2 heteroatoms. The van der Waals surface area contributed by atoms with Gasteiger partial charge in [0.1, 0.15) is 5.75 Å². The lowest BCUT2D eigenvalue weighted by Crippen LogP contribution is -2.03. The number of hydrogen-bond acceptors (Lipinski definition) is 2. The molecule has 0 saturated carbocycles. The zero-order chi connectivity index (χ0) is 14.1. The summed E-state index contributed by atoms with van der Waals surface area (Å²) in [4.78, 5) is 12.0. The summed E-state index contributed by atoms with van der Waals surface area (Å²) in [5.74, 6) is 0.889. The van der Waals surface area contributed by atoms with Crippen molar-refractivity contribution in [2.24, 2.45) is 0 Å². The number of ether oxygens (including phenoxy) is 1. The molecule has 100 valence electrons. The largest absolute Gasteiger partial charge is 0.497 e. The fraction of sp³-hybridized carbons (Fsp3) is 0.235. The maximum absolute atomic E-state index is 12.0. The molecule has 2 nitrogen and oxygen atoms in total. The Morgan fingerprint density at radius 3 is 2.05 bits per heavy atom. The summed E-state index contributed by atoms with van der Waals surface area (Å²) in [5, 5.41) is 0. The molecule has 0 heterocycles. The van der Waals surface area contributed by atoms with Crippen molar-refractivity contribution >= 4 is 5.78 Å². The molecule has 0 aliphatic carbocycles. The first kappa shape index (κ1) is 15.0. The summed E-state index contributed by atoms with van der Waals surface area (Å²) in [5.41, 5.74) is 1.75. The van der Waals surface area contributed by atoms with E-state index in [4.69, 9.17) is 4.74 Å². The molecule has 0 radical (unpaired) electrons. The van der Waals surface area contributed by atoms with E-state index >= 15 is 0 Å². The van der Waals surface area contributed by atoms with Crippen molar-refractivity contribution in [2.45, 2.75) is 20.3 Å². The molecular weight excluding hydrogens is 236 g/mol. The van der Waals surface area contributed by atoms with E-state index in [9.17, 15) is 4.79 Å². The first-order valence-electron chi connectivity index (χ1n) is 6.51. The predicted molar refractivity (Wildman–Crippen MR) is 78.8 cm³/mol. The van der Waals surface area contributed by atoms with Crippen LogP contribution < -0.4 is 4.74 Å². The molecule has 0 saturated heterocycles. The number of rotatable bonds is 4. The second-order valence-corrected chi connectivity index (χ2v) is 3.81. The zero-order valence-electron chi connectivity index (χ0n) is 11.7. The van der Waals surface area contributed by atoms with Crippen LogP contribution in [0.1, 0.15) is 29.8 Å². The Bertz CT molecular complexity index is 486. The molecule has 0 unspecified atom stereocenters. The van der Waals surface area contributed by atoms with Crippen molar-refractivity contribution in [3.8, 4) is 5.75 Å². The SMILES string of the molecule is CC.COc1ccc(C(=O)Cc2ccccc2)cc1. The highest BCUT2D eigenvalue weighted by Crippen LogP contribution is 2.13. The average Bonchev–Trinajstić information content (AvgIpc) is 2.50. The quantitative estimate of drug-likeness (QED) is 0.768. The van der Waals surface area contributed by atoms with Crippen LogP contribution in [0.4, 0.5) is 0 Å². The van der Waals surface area contributed by atoms with E-state index in [-0.39, 0.29) is 5.78 Å². The second-order valence-electron chi connectivity index (χ2n) is 3.81. The molecule has 2 rings (SSSR count). The van der Waals surface area contributed by atoms with E-state index in [1.807, 2.05) is 44.2 Å². The molecule has 0 spiro atoms. The first-order valence-corrected chi connectivity index (χ1v) is 6.51. The topological polar surface area (TPSA) is 26.3 Å². The molecule has 2 aromatic rings. The van der Waals surface area contributed by atoms with Crippen molar-refractivity contribution in [3.63, 3.8) is 0 Å². The van der Waals surface area contributed by atoms with Crippen LogP contribution in [0.5, 0.6) is 5.75 Å². The van der Waals surface area contributed by atoms with Gasteiger partial charge >= 0.3 is 0 Å². The highest BCUT2D eigenvalue weighted by atomic mass is 16.5. The normalized spacial score (nSPS) is 9.21. The molecule has 0 N–H and O–H groups in total. The number of carbonyl (C=O) groups is 1. The Labute approximate surface area is 115 Å². The predicted octanol–water partition coefficient (Wildman–Crippen LogP) is 4.15. The minimum Gasteiger partial charge on any atom is -0.497 e. The number of benzene rings is 2. The smallest absolute Gasteiger partial charge is 0.167 e. The van der Waals surface area contributed by atoms with Gasteiger partial charge in [0.2, 0.25) is 0 Å². The van der Waals surface area contributed by atoms with Gasteiger partial charge in [-0.05, 0) is 29.8 Å². The second kappa shape index (κ2) is 8.09. The summed E-state index contributed by atoms with van der Waals surface area (Å²) in [7, 11) is 1.61. The molecule has 0 amide bonds. The third kappa shape index (κ3) is 4.59. The van der Waals surface area contributed by atoms with E-state index in [0.717, 1.165) is 16.9 Å². The van der Waals surface area contributed by atoms with Gasteiger partial charge in [-0.15, -0.1) is 0 Å². The molecule has 0 fully saturated rings. The van der Waals surface area contributed by atoms with Crippen LogP contribution in [0.2, 0.25) is 0 Å². The molecule has 0 aliphatic rings. The Morgan fingerprint density at radius 2 is 1.53 bits per heavy atom. The van der Waals surface area contributed by atoms with Gasteiger partial charge in [-0.3, -0.25) is 4.79 Å². The summed E-state index contributed by atoms with van der Waals surface area (Å²) in [6.07, 6.45) is 0.438. The van der Waals surface area contributed by atoms with Crippen molar-refractivity contribution in [1.29, 1.82) is 0 Å². The minimum atomic E-state index is 0.124. The van der Waals surface area contributed by atoms with Crippen LogP contribution in [0.3, 0.4) is 0 Å². The van der Waals surface area contributed by atoms with Crippen LogP contribution in [0, 0.1) is 0 Å². The molecule has 0 bridgehead atoms. The zero-order valence-corrected chi connectivity index (χ0v) is 11.7. The average molecular weight is 256 g/mol. The molecule has 2 aromatic carbocycles. The third-order valence-corrected chi connectivity index (χ3v) is 2.62. The lowest BCUT2D eigenvalue weighted by Gasteiger charge is -2.03. The molecule has 0 atom stereocenters. The van der Waals surface area contributed by atoms with Gasteiger partial charge in [0, 0.05) is 12.0 Å². The Hall–Kier alpha value is -2.09. The summed E-state index contributed by atoms with van der Waals surface area (Å²) in [6.45, 7) is 4.00. The Morgan fingerprint density at radius 1 is 0.947 bits per heavy atom. The van der Waals surface area contributed by atoms with E-state index in [1.165, 1.54) is 0 Å². The number of methoxy groups -OCH3 is 1. The van der Waals surface area contributed by atoms with Crippen molar-refractivity contribution < 1.29 is 9.53 Å². The number of Topliss-reactive ketones (excluding diaryl/α,β-unsaturated/α-hetero) is 1. The first-order chi connectivity index (χ1) is 9.29. The third-order valence-electron chi connectivity index (χ3n) is 2.62. The molecule has 0 aromatic heterocycles. The molecule has 19 heavy (non-hydrogen) atoms. The van der Waals surface area contributed by atoms with E-state index in [1.54, 1.807) is 31.4 Å². The number of ketones is 1. The van der Waals surface area contributed by atoms with Crippen LogP contribution in [0.15, 0.2) is 54.6 Å². The number of hydrogen-bond donors (Lipinski definition) is 0.